The van der Waals surface area contributed by atoms with Gasteiger partial charge >= 0.3 is 0 Å². The number of methoxy groups -OCH3 is 1. The maximum absolute atomic E-state index is 5.97. The first kappa shape index (κ1) is 13.5. The zero-order valence-electron chi connectivity index (χ0n) is 10.9. The van der Waals surface area contributed by atoms with Gasteiger partial charge in [0.2, 0.25) is 0 Å². The smallest absolute Gasteiger partial charge is 0.140 e. The lowest BCUT2D eigenvalue weighted by atomic mass is 10.1. The summed E-state index contributed by atoms with van der Waals surface area (Å²) in [5, 5.41) is 0.624. The highest BCUT2D eigenvalue weighted by Gasteiger charge is 2.05. The van der Waals surface area contributed by atoms with Gasteiger partial charge in [0.05, 0.1) is 12.1 Å². The monoisotopic (exact) mass is 274 g/mol. The van der Waals surface area contributed by atoms with Gasteiger partial charge in [0, 0.05) is 5.56 Å². The second-order valence-corrected chi connectivity index (χ2v) is 4.57. The van der Waals surface area contributed by atoms with Gasteiger partial charge in [-0.2, -0.15) is 0 Å². The topological polar surface area (TPSA) is 18.5 Å². The zero-order valence-corrected chi connectivity index (χ0v) is 11.6. The van der Waals surface area contributed by atoms with Crippen molar-refractivity contribution >= 4 is 17.4 Å². The van der Waals surface area contributed by atoms with Gasteiger partial charge in [0.15, 0.2) is 0 Å². The fraction of sp³-hybridized carbons (Fsp3) is 0.125. The predicted molar refractivity (Wildman–Crippen MR) is 78.4 cm³/mol. The average Bonchev–Trinajstić information content (AvgIpc) is 2.42. The van der Waals surface area contributed by atoms with Gasteiger partial charge in [0.25, 0.3) is 0 Å². The molecule has 0 aliphatic carbocycles. The first-order chi connectivity index (χ1) is 9.20. The molecule has 0 saturated heterocycles. The number of allylic oxidation sites excluding steroid dienone is 1. The number of para-hydroxylation sites is 1. The summed E-state index contributed by atoms with van der Waals surface area (Å²) in [4.78, 5) is 0. The minimum Gasteiger partial charge on any atom is -0.495 e. The van der Waals surface area contributed by atoms with Gasteiger partial charge in [0.1, 0.15) is 17.3 Å². The lowest BCUT2D eigenvalue weighted by Gasteiger charge is -2.09. The summed E-state index contributed by atoms with van der Waals surface area (Å²) in [6.45, 7) is 1.80. The van der Waals surface area contributed by atoms with E-state index in [0.717, 1.165) is 17.1 Å². The minimum atomic E-state index is 0.624. The summed E-state index contributed by atoms with van der Waals surface area (Å²) in [6, 6.07) is 17.3. The van der Waals surface area contributed by atoms with Crippen molar-refractivity contribution in [3.05, 3.63) is 65.2 Å². The van der Waals surface area contributed by atoms with Gasteiger partial charge < -0.3 is 9.47 Å². The van der Waals surface area contributed by atoms with Crippen LogP contribution in [0.3, 0.4) is 0 Å². The normalized spacial score (nSPS) is 11.7. The van der Waals surface area contributed by atoms with Crippen LogP contribution in [0.15, 0.2) is 59.6 Å². The first-order valence-corrected chi connectivity index (χ1v) is 6.32. The molecule has 0 aliphatic heterocycles. The van der Waals surface area contributed by atoms with Crippen LogP contribution in [0.2, 0.25) is 0 Å². The van der Waals surface area contributed by atoms with Crippen LogP contribution in [-0.4, -0.2) is 7.11 Å². The van der Waals surface area contributed by atoms with Crippen LogP contribution in [0.1, 0.15) is 12.5 Å². The third-order valence-electron chi connectivity index (χ3n) is 2.61. The van der Waals surface area contributed by atoms with Gasteiger partial charge in [-0.05, 0) is 43.3 Å². The Hall–Kier alpha value is -1.93. The molecule has 0 spiro atoms. The molecule has 0 atom stereocenters. The highest BCUT2D eigenvalue weighted by molar-refractivity contribution is 6.31. The molecule has 0 N–H and O–H groups in total. The quantitative estimate of drug-likeness (QED) is 0.726. The molecule has 0 radical (unpaired) electrons. The van der Waals surface area contributed by atoms with E-state index in [0.29, 0.717) is 10.8 Å². The Labute approximate surface area is 118 Å². The number of ether oxygens (including phenoxy) is 2. The molecule has 3 heteroatoms. The molecule has 0 unspecified atom stereocenters. The van der Waals surface area contributed by atoms with Gasteiger partial charge in [-0.15, -0.1) is 0 Å². The summed E-state index contributed by atoms with van der Waals surface area (Å²) < 4.78 is 11.0. The van der Waals surface area contributed by atoms with Crippen molar-refractivity contribution in [3.63, 3.8) is 0 Å². The molecule has 0 bridgehead atoms. The molecular weight excluding hydrogens is 260 g/mol. The van der Waals surface area contributed by atoms with Gasteiger partial charge in [-0.1, -0.05) is 29.8 Å². The number of hydrogen-bond donors (Lipinski definition) is 0. The van der Waals surface area contributed by atoms with Crippen molar-refractivity contribution < 1.29 is 9.47 Å². The summed E-state index contributed by atoms with van der Waals surface area (Å²) in [7, 11) is 1.61. The zero-order chi connectivity index (χ0) is 13.7. The first-order valence-electron chi connectivity index (χ1n) is 5.94. The maximum Gasteiger partial charge on any atom is 0.140 e. The van der Waals surface area contributed by atoms with Crippen molar-refractivity contribution in [2.45, 2.75) is 6.92 Å². The Bertz CT molecular complexity index is 555. The molecule has 0 aromatic heterocycles. The molecule has 0 amide bonds. The fourth-order valence-corrected chi connectivity index (χ4v) is 1.94. The second-order valence-electron chi connectivity index (χ2n) is 4.01. The molecule has 19 heavy (non-hydrogen) atoms. The molecule has 2 aromatic carbocycles. The van der Waals surface area contributed by atoms with Crippen molar-refractivity contribution in [2.24, 2.45) is 0 Å². The molecule has 0 fully saturated rings. The number of halogens is 1. The minimum absolute atomic E-state index is 0.624. The van der Waals surface area contributed by atoms with E-state index in [1.807, 2.05) is 54.6 Å². The van der Waals surface area contributed by atoms with Crippen molar-refractivity contribution in [3.8, 4) is 11.5 Å². The Balaban J connectivity index is 2.17. The summed E-state index contributed by atoms with van der Waals surface area (Å²) in [6.07, 6.45) is 0. The standard InChI is InChI=1S/C16H15ClO2/c1-12(17)16(18-2)13-8-10-15(11-9-13)19-14-6-4-3-5-7-14/h3-11H,1-2H3. The van der Waals surface area contributed by atoms with E-state index >= 15 is 0 Å². The Morgan fingerprint density at radius 3 is 2.00 bits per heavy atom. The average molecular weight is 275 g/mol. The lowest BCUT2D eigenvalue weighted by Crippen LogP contribution is -1.90. The highest BCUT2D eigenvalue weighted by Crippen LogP contribution is 2.26. The molecule has 2 rings (SSSR count). The largest absolute Gasteiger partial charge is 0.495 e. The van der Waals surface area contributed by atoms with Crippen molar-refractivity contribution in [1.29, 1.82) is 0 Å². The number of benzene rings is 2. The van der Waals surface area contributed by atoms with E-state index in [9.17, 15) is 0 Å². The molecule has 98 valence electrons. The van der Waals surface area contributed by atoms with Crippen molar-refractivity contribution in [2.75, 3.05) is 7.11 Å². The van der Waals surface area contributed by atoms with E-state index in [1.54, 1.807) is 14.0 Å². The summed E-state index contributed by atoms with van der Waals surface area (Å²) >= 11 is 5.97. The van der Waals surface area contributed by atoms with E-state index in [4.69, 9.17) is 21.1 Å². The second kappa shape index (κ2) is 6.30. The van der Waals surface area contributed by atoms with E-state index in [1.165, 1.54) is 0 Å². The Kier molecular flexibility index (Phi) is 4.48. The fourth-order valence-electron chi connectivity index (χ4n) is 1.76. The van der Waals surface area contributed by atoms with Crippen LogP contribution >= 0.6 is 11.6 Å². The molecule has 2 aromatic rings. The van der Waals surface area contributed by atoms with Crippen LogP contribution in [0, 0.1) is 0 Å². The van der Waals surface area contributed by atoms with E-state index in [-0.39, 0.29) is 0 Å². The lowest BCUT2D eigenvalue weighted by molar-refractivity contribution is 0.368. The third-order valence-corrected chi connectivity index (χ3v) is 2.78. The van der Waals surface area contributed by atoms with Crippen molar-refractivity contribution in [1.82, 2.24) is 0 Å². The molecular formula is C16H15ClO2. The van der Waals surface area contributed by atoms with Crippen LogP contribution in [0.4, 0.5) is 0 Å². The molecule has 0 aliphatic rings. The Morgan fingerprint density at radius 1 is 0.895 bits per heavy atom. The van der Waals surface area contributed by atoms with E-state index < -0.39 is 0 Å². The third kappa shape index (κ3) is 3.52. The van der Waals surface area contributed by atoms with E-state index in [2.05, 4.69) is 0 Å². The summed E-state index contributed by atoms with van der Waals surface area (Å²) in [5.74, 6) is 2.26. The van der Waals surface area contributed by atoms with Crippen LogP contribution in [0.5, 0.6) is 11.5 Å². The van der Waals surface area contributed by atoms with Crippen LogP contribution in [-0.2, 0) is 4.74 Å². The maximum atomic E-state index is 5.97. The summed E-state index contributed by atoms with van der Waals surface area (Å²) in [5.41, 5.74) is 0.926. The van der Waals surface area contributed by atoms with Crippen LogP contribution < -0.4 is 4.74 Å². The predicted octanol–water partition coefficient (Wildman–Crippen LogP) is 5.05. The molecule has 0 saturated carbocycles. The SMILES string of the molecule is COC(=C(C)Cl)c1ccc(Oc2ccccc2)cc1. The molecule has 2 nitrogen and oxygen atoms in total. The van der Waals surface area contributed by atoms with Gasteiger partial charge in [-0.3, -0.25) is 0 Å². The number of hydrogen-bond acceptors (Lipinski definition) is 2. The number of rotatable bonds is 4. The molecule has 0 heterocycles. The van der Waals surface area contributed by atoms with Crippen LogP contribution in [0.25, 0.3) is 5.76 Å². The Morgan fingerprint density at radius 2 is 1.47 bits per heavy atom. The highest BCUT2D eigenvalue weighted by atomic mass is 35.5. The van der Waals surface area contributed by atoms with Gasteiger partial charge in [-0.25, -0.2) is 0 Å².